The summed E-state index contributed by atoms with van der Waals surface area (Å²) in [7, 11) is 2.09. The van der Waals surface area contributed by atoms with E-state index in [1.54, 1.807) is 0 Å². The number of aryl methyl sites for hydroxylation is 1. The van der Waals surface area contributed by atoms with E-state index in [1.165, 1.54) is 5.82 Å². The molecular formula is C13H16ClN3. The molecule has 1 aliphatic rings. The molecule has 17 heavy (non-hydrogen) atoms. The van der Waals surface area contributed by atoms with Crippen LogP contribution >= 0.6 is 11.6 Å². The number of rotatable bonds is 1. The van der Waals surface area contributed by atoms with Crippen LogP contribution < -0.4 is 5.32 Å². The molecule has 3 rings (SSSR count). The Morgan fingerprint density at radius 1 is 1.41 bits per heavy atom. The van der Waals surface area contributed by atoms with Crippen molar-refractivity contribution in [2.24, 2.45) is 13.0 Å². The summed E-state index contributed by atoms with van der Waals surface area (Å²) in [6, 6.07) is 5.90. The fourth-order valence-electron chi connectivity index (χ4n) is 2.68. The van der Waals surface area contributed by atoms with Crippen LogP contribution in [0.4, 0.5) is 0 Å². The SMILES string of the molecule is CC1CNCC1c1nc2cc(Cl)ccc2n1C. The monoisotopic (exact) mass is 249 g/mol. The number of nitrogens with one attached hydrogen (secondary N) is 1. The van der Waals surface area contributed by atoms with Crippen molar-refractivity contribution in [2.75, 3.05) is 13.1 Å². The van der Waals surface area contributed by atoms with E-state index < -0.39 is 0 Å². The molecule has 1 N–H and O–H groups in total. The second-order valence-corrected chi connectivity index (χ2v) is 5.34. The number of halogens is 1. The zero-order valence-electron chi connectivity index (χ0n) is 10.1. The number of hydrogen-bond donors (Lipinski definition) is 1. The zero-order valence-corrected chi connectivity index (χ0v) is 10.8. The molecule has 1 aromatic carbocycles. The standard InChI is InChI=1S/C13H16ClN3/c1-8-6-15-7-10(8)13-16-11-5-9(14)3-4-12(11)17(13)2/h3-5,8,10,15H,6-7H2,1-2H3. The Morgan fingerprint density at radius 2 is 2.24 bits per heavy atom. The maximum Gasteiger partial charge on any atom is 0.114 e. The van der Waals surface area contributed by atoms with Gasteiger partial charge in [-0.05, 0) is 30.7 Å². The fraction of sp³-hybridized carbons (Fsp3) is 0.462. The molecule has 1 fully saturated rings. The quantitative estimate of drug-likeness (QED) is 0.842. The van der Waals surface area contributed by atoms with Gasteiger partial charge in [0.2, 0.25) is 0 Å². The Balaban J connectivity index is 2.14. The molecule has 1 aliphatic heterocycles. The summed E-state index contributed by atoms with van der Waals surface area (Å²) in [6.07, 6.45) is 0. The number of nitrogens with zero attached hydrogens (tertiary/aromatic N) is 2. The van der Waals surface area contributed by atoms with Gasteiger partial charge in [-0.1, -0.05) is 18.5 Å². The average Bonchev–Trinajstić information content (AvgIpc) is 2.83. The number of imidazole rings is 1. The van der Waals surface area contributed by atoms with Gasteiger partial charge in [-0.3, -0.25) is 0 Å². The molecule has 0 saturated carbocycles. The van der Waals surface area contributed by atoms with Gasteiger partial charge in [-0.25, -0.2) is 4.98 Å². The number of fused-ring (bicyclic) bond motifs is 1. The van der Waals surface area contributed by atoms with Crippen LogP contribution in [0.1, 0.15) is 18.7 Å². The minimum Gasteiger partial charge on any atom is -0.331 e. The number of benzene rings is 1. The molecule has 0 aliphatic carbocycles. The first-order valence-corrected chi connectivity index (χ1v) is 6.37. The van der Waals surface area contributed by atoms with Gasteiger partial charge >= 0.3 is 0 Å². The van der Waals surface area contributed by atoms with Crippen LogP contribution in [-0.4, -0.2) is 22.6 Å². The molecule has 4 heteroatoms. The molecule has 1 saturated heterocycles. The summed E-state index contributed by atoms with van der Waals surface area (Å²) in [6.45, 7) is 4.37. The van der Waals surface area contributed by atoms with Crippen molar-refractivity contribution in [2.45, 2.75) is 12.8 Å². The van der Waals surface area contributed by atoms with Crippen LogP contribution in [0.5, 0.6) is 0 Å². The Kier molecular flexibility index (Phi) is 2.60. The van der Waals surface area contributed by atoms with Gasteiger partial charge in [-0.15, -0.1) is 0 Å². The van der Waals surface area contributed by atoms with Crippen molar-refractivity contribution >= 4 is 22.6 Å². The lowest BCUT2D eigenvalue weighted by Gasteiger charge is -2.13. The number of hydrogen-bond acceptors (Lipinski definition) is 2. The average molecular weight is 250 g/mol. The maximum atomic E-state index is 6.01. The predicted octanol–water partition coefficient (Wildman–Crippen LogP) is 2.55. The highest BCUT2D eigenvalue weighted by molar-refractivity contribution is 6.31. The van der Waals surface area contributed by atoms with E-state index in [0.29, 0.717) is 11.8 Å². The van der Waals surface area contributed by atoms with E-state index >= 15 is 0 Å². The Labute approximate surface area is 106 Å². The Bertz CT molecular complexity index is 561. The van der Waals surface area contributed by atoms with E-state index in [9.17, 15) is 0 Å². The summed E-state index contributed by atoms with van der Waals surface area (Å²) < 4.78 is 2.19. The smallest absolute Gasteiger partial charge is 0.114 e. The lowest BCUT2D eigenvalue weighted by Crippen LogP contribution is -2.13. The van der Waals surface area contributed by atoms with Crippen LogP contribution in [0.2, 0.25) is 5.02 Å². The summed E-state index contributed by atoms with van der Waals surface area (Å²) in [4.78, 5) is 4.74. The van der Waals surface area contributed by atoms with Crippen LogP contribution in [0, 0.1) is 5.92 Å². The molecule has 2 aromatic rings. The van der Waals surface area contributed by atoms with Crippen molar-refractivity contribution in [3.05, 3.63) is 29.0 Å². The van der Waals surface area contributed by atoms with Crippen molar-refractivity contribution in [1.82, 2.24) is 14.9 Å². The molecule has 90 valence electrons. The van der Waals surface area contributed by atoms with E-state index in [2.05, 4.69) is 23.9 Å². The van der Waals surface area contributed by atoms with Gasteiger partial charge in [0.25, 0.3) is 0 Å². The maximum absolute atomic E-state index is 6.01. The van der Waals surface area contributed by atoms with Gasteiger partial charge in [0.05, 0.1) is 11.0 Å². The van der Waals surface area contributed by atoms with E-state index in [1.807, 2.05) is 18.2 Å². The summed E-state index contributed by atoms with van der Waals surface area (Å²) >= 11 is 6.01. The molecule has 3 nitrogen and oxygen atoms in total. The van der Waals surface area contributed by atoms with Crippen molar-refractivity contribution in [3.63, 3.8) is 0 Å². The third-order valence-corrected chi connectivity index (χ3v) is 3.96. The fourth-order valence-corrected chi connectivity index (χ4v) is 2.85. The molecular weight excluding hydrogens is 234 g/mol. The van der Waals surface area contributed by atoms with E-state index in [4.69, 9.17) is 16.6 Å². The van der Waals surface area contributed by atoms with Crippen molar-refractivity contribution in [1.29, 1.82) is 0 Å². The normalized spacial score (nSPS) is 24.6. The molecule has 2 unspecified atom stereocenters. The Hall–Kier alpha value is -1.06. The third-order valence-electron chi connectivity index (χ3n) is 3.73. The molecule has 0 amide bonds. The van der Waals surface area contributed by atoms with Crippen LogP contribution in [-0.2, 0) is 7.05 Å². The highest BCUT2D eigenvalue weighted by atomic mass is 35.5. The molecule has 2 heterocycles. The summed E-state index contributed by atoms with van der Waals surface area (Å²) in [5, 5.41) is 4.17. The molecule has 0 spiro atoms. The second kappa shape index (κ2) is 4.00. The molecule has 1 aromatic heterocycles. The van der Waals surface area contributed by atoms with E-state index in [-0.39, 0.29) is 0 Å². The minimum atomic E-state index is 0.506. The van der Waals surface area contributed by atoms with Crippen LogP contribution in [0.15, 0.2) is 18.2 Å². The highest BCUT2D eigenvalue weighted by Gasteiger charge is 2.28. The topological polar surface area (TPSA) is 29.9 Å². The lowest BCUT2D eigenvalue weighted by molar-refractivity contribution is 0.533. The summed E-state index contributed by atoms with van der Waals surface area (Å²) in [5.74, 6) is 2.31. The second-order valence-electron chi connectivity index (χ2n) is 4.90. The van der Waals surface area contributed by atoms with Crippen molar-refractivity contribution < 1.29 is 0 Å². The summed E-state index contributed by atoms with van der Waals surface area (Å²) in [5.41, 5.74) is 2.15. The first kappa shape index (κ1) is 11.1. The van der Waals surface area contributed by atoms with Gasteiger partial charge < -0.3 is 9.88 Å². The largest absolute Gasteiger partial charge is 0.331 e. The van der Waals surface area contributed by atoms with Crippen LogP contribution in [0.3, 0.4) is 0 Å². The molecule has 0 bridgehead atoms. The molecule has 0 radical (unpaired) electrons. The van der Waals surface area contributed by atoms with Crippen LogP contribution in [0.25, 0.3) is 11.0 Å². The van der Waals surface area contributed by atoms with Crippen molar-refractivity contribution in [3.8, 4) is 0 Å². The number of aromatic nitrogens is 2. The first-order chi connectivity index (χ1) is 8.16. The first-order valence-electron chi connectivity index (χ1n) is 5.99. The zero-order chi connectivity index (χ0) is 12.0. The third kappa shape index (κ3) is 1.74. The van der Waals surface area contributed by atoms with Gasteiger partial charge in [0, 0.05) is 24.5 Å². The van der Waals surface area contributed by atoms with Gasteiger partial charge in [-0.2, -0.15) is 0 Å². The highest BCUT2D eigenvalue weighted by Crippen LogP contribution is 2.29. The minimum absolute atomic E-state index is 0.506. The van der Waals surface area contributed by atoms with E-state index in [0.717, 1.165) is 29.1 Å². The molecule has 2 atom stereocenters. The lowest BCUT2D eigenvalue weighted by atomic mass is 9.97. The van der Waals surface area contributed by atoms with Gasteiger partial charge in [0.15, 0.2) is 0 Å². The van der Waals surface area contributed by atoms with Gasteiger partial charge in [0.1, 0.15) is 5.82 Å². The predicted molar refractivity (Wildman–Crippen MR) is 70.5 cm³/mol. The Morgan fingerprint density at radius 3 is 2.94 bits per heavy atom.